The van der Waals surface area contributed by atoms with Crippen LogP contribution < -0.4 is 0 Å². The van der Waals surface area contributed by atoms with Crippen molar-refractivity contribution in [2.75, 3.05) is 0 Å². The molecule has 0 saturated carbocycles. The molecule has 8 aromatic rings. The Hall–Kier alpha value is -4.82. The molecule has 36 heavy (non-hydrogen) atoms. The maximum atomic E-state index is 6.52. The molecular weight excluding hydrogens is 438 g/mol. The van der Waals surface area contributed by atoms with Gasteiger partial charge in [0.1, 0.15) is 11.2 Å². The minimum absolute atomic E-state index is 0.927. The molecule has 9 rings (SSSR count). The second-order valence-electron chi connectivity index (χ2n) is 9.70. The fourth-order valence-electron chi connectivity index (χ4n) is 6.53. The Labute approximate surface area is 206 Å². The lowest BCUT2D eigenvalue weighted by molar-refractivity contribution is 0.669. The van der Waals surface area contributed by atoms with Crippen molar-refractivity contribution in [2.24, 2.45) is 0 Å². The third-order valence-electron chi connectivity index (χ3n) is 7.90. The molecule has 0 aliphatic heterocycles. The summed E-state index contributed by atoms with van der Waals surface area (Å²) in [5.74, 6) is 0. The van der Waals surface area contributed by atoms with Crippen LogP contribution in [0, 0.1) is 0 Å². The quantitative estimate of drug-likeness (QED) is 0.240. The summed E-state index contributed by atoms with van der Waals surface area (Å²) < 4.78 is 8.92. The Kier molecular flexibility index (Phi) is 3.31. The number of furan rings is 1. The first-order valence-electron chi connectivity index (χ1n) is 12.4. The van der Waals surface area contributed by atoms with E-state index in [2.05, 4.69) is 120 Å². The first-order chi connectivity index (χ1) is 17.9. The zero-order valence-electron chi connectivity index (χ0n) is 19.3. The van der Waals surface area contributed by atoms with E-state index in [-0.39, 0.29) is 0 Å². The molecule has 0 bridgehead atoms. The van der Waals surface area contributed by atoms with Crippen LogP contribution >= 0.6 is 0 Å². The van der Waals surface area contributed by atoms with Gasteiger partial charge in [-0.15, -0.1) is 0 Å². The number of rotatable bonds is 1. The summed E-state index contributed by atoms with van der Waals surface area (Å²) in [7, 11) is 0. The molecule has 0 unspecified atom stereocenters. The second kappa shape index (κ2) is 6.44. The number of fused-ring (bicyclic) bond motifs is 7. The zero-order chi connectivity index (χ0) is 23.4. The normalized spacial score (nSPS) is 12.4. The number of aromatic nitrogens is 1. The molecular formula is C34H19NO. The standard InChI is InChI=1S/C34H19NO/c1-2-10-21(11-3-1)35-26-18-17-20-9-8-15-23-22-12-4-5-13-24(22)32-31-25-14-6-7-16-28(25)36-29(31)19-27(35)34(32)33(26)30(20)23/h1-19H. The average Bonchev–Trinajstić information content (AvgIpc) is 3.43. The Bertz CT molecular complexity index is 2190. The zero-order valence-corrected chi connectivity index (χ0v) is 19.3. The lowest BCUT2D eigenvalue weighted by Gasteiger charge is -2.14. The van der Waals surface area contributed by atoms with Crippen molar-refractivity contribution in [1.82, 2.24) is 4.57 Å². The highest BCUT2D eigenvalue weighted by molar-refractivity contribution is 6.35. The van der Waals surface area contributed by atoms with Gasteiger partial charge in [-0.25, -0.2) is 0 Å². The summed E-state index contributed by atoms with van der Waals surface area (Å²) in [5, 5.41) is 7.58. The van der Waals surface area contributed by atoms with Crippen molar-refractivity contribution in [2.45, 2.75) is 0 Å². The molecule has 6 aromatic carbocycles. The van der Waals surface area contributed by atoms with E-state index in [9.17, 15) is 0 Å². The average molecular weight is 458 g/mol. The van der Waals surface area contributed by atoms with Gasteiger partial charge >= 0.3 is 0 Å². The van der Waals surface area contributed by atoms with E-state index >= 15 is 0 Å². The summed E-state index contributed by atoms with van der Waals surface area (Å²) >= 11 is 0. The minimum Gasteiger partial charge on any atom is -0.456 e. The molecule has 0 spiro atoms. The van der Waals surface area contributed by atoms with Gasteiger partial charge < -0.3 is 8.98 Å². The van der Waals surface area contributed by atoms with Gasteiger partial charge in [0.25, 0.3) is 0 Å². The summed E-state index contributed by atoms with van der Waals surface area (Å²) in [4.78, 5) is 0. The van der Waals surface area contributed by atoms with E-state index in [1.54, 1.807) is 0 Å². The minimum atomic E-state index is 0.927. The highest BCUT2D eigenvalue weighted by Crippen LogP contribution is 2.53. The van der Waals surface area contributed by atoms with Gasteiger partial charge in [-0.1, -0.05) is 84.9 Å². The highest BCUT2D eigenvalue weighted by Gasteiger charge is 2.28. The molecule has 2 heterocycles. The molecule has 2 heteroatoms. The number of benzene rings is 6. The molecule has 0 radical (unpaired) electrons. The van der Waals surface area contributed by atoms with Crippen molar-refractivity contribution in [3.8, 4) is 27.9 Å². The van der Waals surface area contributed by atoms with Crippen LogP contribution in [-0.4, -0.2) is 4.57 Å². The van der Waals surface area contributed by atoms with Crippen LogP contribution in [0.5, 0.6) is 0 Å². The lowest BCUT2D eigenvalue weighted by atomic mass is 9.91. The summed E-state index contributed by atoms with van der Waals surface area (Å²) in [6.45, 7) is 0. The van der Waals surface area contributed by atoms with E-state index in [1.807, 2.05) is 0 Å². The fourth-order valence-corrected chi connectivity index (χ4v) is 6.53. The molecule has 0 N–H and O–H groups in total. The van der Waals surface area contributed by atoms with Crippen LogP contribution in [0.4, 0.5) is 0 Å². The van der Waals surface area contributed by atoms with Gasteiger partial charge in [0.2, 0.25) is 0 Å². The fraction of sp³-hybridized carbons (Fsp3) is 0. The van der Waals surface area contributed by atoms with Gasteiger partial charge in [0, 0.05) is 38.9 Å². The molecule has 1 aliphatic carbocycles. The van der Waals surface area contributed by atoms with Crippen LogP contribution in [0.2, 0.25) is 0 Å². The van der Waals surface area contributed by atoms with E-state index in [1.165, 1.54) is 60.2 Å². The molecule has 0 fully saturated rings. The van der Waals surface area contributed by atoms with Crippen LogP contribution in [0.1, 0.15) is 0 Å². The van der Waals surface area contributed by atoms with Crippen LogP contribution in [-0.2, 0) is 0 Å². The molecule has 0 atom stereocenters. The third kappa shape index (κ3) is 2.14. The van der Waals surface area contributed by atoms with Gasteiger partial charge in [0.15, 0.2) is 0 Å². The Morgan fingerprint density at radius 2 is 1.25 bits per heavy atom. The van der Waals surface area contributed by atoms with Crippen LogP contribution in [0.15, 0.2) is 120 Å². The molecule has 0 saturated heterocycles. The van der Waals surface area contributed by atoms with Crippen molar-refractivity contribution < 1.29 is 4.42 Å². The first-order valence-corrected chi connectivity index (χ1v) is 12.4. The number of hydrogen-bond donors (Lipinski definition) is 0. The van der Waals surface area contributed by atoms with E-state index in [0.29, 0.717) is 0 Å². The summed E-state index contributed by atoms with van der Waals surface area (Å²) in [6.07, 6.45) is 0. The number of nitrogens with zero attached hydrogens (tertiary/aromatic N) is 1. The number of hydrogen-bond acceptors (Lipinski definition) is 1. The predicted molar refractivity (Wildman–Crippen MR) is 150 cm³/mol. The van der Waals surface area contributed by atoms with Crippen molar-refractivity contribution in [3.63, 3.8) is 0 Å². The Morgan fingerprint density at radius 1 is 0.472 bits per heavy atom. The van der Waals surface area contributed by atoms with Crippen LogP contribution in [0.3, 0.4) is 0 Å². The highest BCUT2D eigenvalue weighted by atomic mass is 16.3. The van der Waals surface area contributed by atoms with Crippen molar-refractivity contribution in [1.29, 1.82) is 0 Å². The molecule has 166 valence electrons. The summed E-state index contributed by atoms with van der Waals surface area (Å²) in [5.41, 5.74) is 10.5. The molecule has 2 nitrogen and oxygen atoms in total. The maximum Gasteiger partial charge on any atom is 0.138 e. The maximum absolute atomic E-state index is 6.52. The molecule has 2 aromatic heterocycles. The molecule has 0 amide bonds. The van der Waals surface area contributed by atoms with E-state index in [4.69, 9.17) is 4.42 Å². The van der Waals surface area contributed by atoms with Gasteiger partial charge in [-0.05, 0) is 51.7 Å². The van der Waals surface area contributed by atoms with Crippen LogP contribution in [0.25, 0.3) is 82.5 Å². The largest absolute Gasteiger partial charge is 0.456 e. The van der Waals surface area contributed by atoms with E-state index < -0.39 is 0 Å². The van der Waals surface area contributed by atoms with Gasteiger partial charge in [-0.2, -0.15) is 0 Å². The van der Waals surface area contributed by atoms with Crippen molar-refractivity contribution in [3.05, 3.63) is 115 Å². The smallest absolute Gasteiger partial charge is 0.138 e. The summed E-state index contributed by atoms with van der Waals surface area (Å²) in [6, 6.07) is 41.5. The van der Waals surface area contributed by atoms with E-state index in [0.717, 1.165) is 22.2 Å². The topological polar surface area (TPSA) is 18.1 Å². The van der Waals surface area contributed by atoms with Crippen molar-refractivity contribution >= 4 is 54.5 Å². The Morgan fingerprint density at radius 3 is 2.17 bits per heavy atom. The first kappa shape index (κ1) is 18.5. The van der Waals surface area contributed by atoms with Gasteiger partial charge in [-0.3, -0.25) is 0 Å². The second-order valence-corrected chi connectivity index (χ2v) is 9.70. The predicted octanol–water partition coefficient (Wildman–Crippen LogP) is 9.48. The van der Waals surface area contributed by atoms with Gasteiger partial charge in [0.05, 0.1) is 11.0 Å². The number of para-hydroxylation sites is 2. The third-order valence-corrected chi connectivity index (χ3v) is 7.90. The SMILES string of the molecule is c1ccc(-n2c3cc4oc5ccccc5c4c4c3c3c5c(cccc5ccc32)-c2ccccc2-4)cc1. The Balaban J connectivity index is 1.68. The molecule has 1 aliphatic rings. The monoisotopic (exact) mass is 457 g/mol. The lowest BCUT2D eigenvalue weighted by Crippen LogP contribution is -1.94.